The fraction of sp³-hybridized carbons (Fsp3) is 0.0909. The molecular formula is C22H18N2O3. The van der Waals surface area contributed by atoms with Crippen LogP contribution in [0.1, 0.15) is 22.6 Å². The van der Waals surface area contributed by atoms with Crippen LogP contribution in [0.4, 0.5) is 5.69 Å². The number of primary amides is 1. The minimum absolute atomic E-state index is 0.138. The molecule has 3 aromatic carbocycles. The summed E-state index contributed by atoms with van der Waals surface area (Å²) in [5.41, 5.74) is 8.34. The quantitative estimate of drug-likeness (QED) is 0.748. The average molecular weight is 358 g/mol. The molecule has 1 heterocycles. The van der Waals surface area contributed by atoms with Crippen molar-refractivity contribution < 1.29 is 14.3 Å². The summed E-state index contributed by atoms with van der Waals surface area (Å²) in [5.74, 6) is 0.390. The van der Waals surface area contributed by atoms with Gasteiger partial charge in [-0.3, -0.25) is 9.59 Å². The number of para-hydroxylation sites is 2. The van der Waals surface area contributed by atoms with Crippen LogP contribution >= 0.6 is 0 Å². The number of anilines is 1. The Morgan fingerprint density at radius 2 is 1.41 bits per heavy atom. The van der Waals surface area contributed by atoms with E-state index in [4.69, 9.17) is 10.5 Å². The van der Waals surface area contributed by atoms with Gasteiger partial charge in [0.15, 0.2) is 0 Å². The SMILES string of the molecule is NC(=O)Cc1ccc(NC(=O)C2c3ccccc3Oc3ccccc32)cc1. The van der Waals surface area contributed by atoms with E-state index in [2.05, 4.69) is 5.32 Å². The van der Waals surface area contributed by atoms with Crippen molar-refractivity contribution in [3.05, 3.63) is 89.5 Å². The van der Waals surface area contributed by atoms with Gasteiger partial charge >= 0.3 is 0 Å². The van der Waals surface area contributed by atoms with E-state index in [1.165, 1.54) is 0 Å². The molecule has 0 spiro atoms. The molecule has 0 aliphatic carbocycles. The standard InChI is InChI=1S/C22H18N2O3/c23-20(25)13-14-9-11-15(12-10-14)24-22(26)21-16-5-1-3-7-18(16)27-19-8-4-2-6-17(19)21/h1-12,21H,13H2,(H2,23,25)(H,24,26). The van der Waals surface area contributed by atoms with Crippen LogP contribution in [-0.2, 0) is 16.0 Å². The first-order valence-electron chi connectivity index (χ1n) is 8.65. The van der Waals surface area contributed by atoms with Crippen molar-refractivity contribution in [3.63, 3.8) is 0 Å². The Bertz CT molecular complexity index is 967. The van der Waals surface area contributed by atoms with Crippen LogP contribution in [0.3, 0.4) is 0 Å². The van der Waals surface area contributed by atoms with E-state index in [0.717, 1.165) is 16.7 Å². The van der Waals surface area contributed by atoms with Gasteiger partial charge in [-0.2, -0.15) is 0 Å². The second kappa shape index (κ2) is 6.96. The number of hydrogen-bond acceptors (Lipinski definition) is 3. The number of ether oxygens (including phenoxy) is 1. The summed E-state index contributed by atoms with van der Waals surface area (Å²) in [7, 11) is 0. The van der Waals surface area contributed by atoms with Gasteiger partial charge in [-0.15, -0.1) is 0 Å². The van der Waals surface area contributed by atoms with Crippen LogP contribution in [0, 0.1) is 0 Å². The first kappa shape index (κ1) is 16.8. The van der Waals surface area contributed by atoms with E-state index in [9.17, 15) is 9.59 Å². The van der Waals surface area contributed by atoms with E-state index < -0.39 is 5.92 Å². The van der Waals surface area contributed by atoms with Gasteiger partial charge < -0.3 is 15.8 Å². The molecule has 3 aromatic rings. The molecule has 3 N–H and O–H groups in total. The Morgan fingerprint density at radius 1 is 0.852 bits per heavy atom. The van der Waals surface area contributed by atoms with E-state index in [1.807, 2.05) is 48.5 Å². The third-order valence-electron chi connectivity index (χ3n) is 4.54. The first-order chi connectivity index (χ1) is 13.1. The molecule has 0 bridgehead atoms. The van der Waals surface area contributed by atoms with Crippen molar-refractivity contribution in [2.24, 2.45) is 5.73 Å². The Kier molecular flexibility index (Phi) is 4.34. The number of nitrogens with two attached hydrogens (primary N) is 1. The van der Waals surface area contributed by atoms with Crippen molar-refractivity contribution in [2.45, 2.75) is 12.3 Å². The molecule has 1 aliphatic rings. The lowest BCUT2D eigenvalue weighted by Gasteiger charge is -2.27. The maximum Gasteiger partial charge on any atom is 0.236 e. The molecule has 1 aliphatic heterocycles. The second-order valence-corrected chi connectivity index (χ2v) is 6.44. The number of carbonyl (C=O) groups excluding carboxylic acids is 2. The van der Waals surface area contributed by atoms with Crippen molar-refractivity contribution in [3.8, 4) is 11.5 Å². The molecule has 27 heavy (non-hydrogen) atoms. The Balaban J connectivity index is 1.63. The summed E-state index contributed by atoms with van der Waals surface area (Å²) in [4.78, 5) is 24.1. The van der Waals surface area contributed by atoms with Crippen LogP contribution in [-0.4, -0.2) is 11.8 Å². The molecule has 0 aromatic heterocycles. The number of nitrogens with one attached hydrogen (secondary N) is 1. The van der Waals surface area contributed by atoms with Gasteiger partial charge in [0.1, 0.15) is 11.5 Å². The normalized spacial score (nSPS) is 12.4. The van der Waals surface area contributed by atoms with Gasteiger partial charge in [0.25, 0.3) is 0 Å². The minimum atomic E-state index is -0.462. The number of fused-ring (bicyclic) bond motifs is 2. The monoisotopic (exact) mass is 358 g/mol. The van der Waals surface area contributed by atoms with Gasteiger partial charge in [-0.25, -0.2) is 0 Å². The smallest absolute Gasteiger partial charge is 0.236 e. The van der Waals surface area contributed by atoms with E-state index in [0.29, 0.717) is 17.2 Å². The topological polar surface area (TPSA) is 81.4 Å². The summed E-state index contributed by atoms with van der Waals surface area (Å²) < 4.78 is 5.94. The fourth-order valence-electron chi connectivity index (χ4n) is 3.31. The maximum atomic E-state index is 13.1. The molecule has 0 fully saturated rings. The third kappa shape index (κ3) is 3.40. The zero-order chi connectivity index (χ0) is 18.8. The summed E-state index contributed by atoms with van der Waals surface area (Å²) >= 11 is 0. The Morgan fingerprint density at radius 3 is 1.96 bits per heavy atom. The minimum Gasteiger partial charge on any atom is -0.457 e. The maximum absolute atomic E-state index is 13.1. The number of carbonyl (C=O) groups is 2. The fourth-order valence-corrected chi connectivity index (χ4v) is 3.31. The van der Waals surface area contributed by atoms with Crippen LogP contribution in [0.2, 0.25) is 0 Å². The summed E-state index contributed by atoms with van der Waals surface area (Å²) in [6.07, 6.45) is 0.176. The van der Waals surface area contributed by atoms with Gasteiger partial charge in [-0.1, -0.05) is 48.5 Å². The van der Waals surface area contributed by atoms with Gasteiger partial charge in [0.05, 0.1) is 12.3 Å². The predicted molar refractivity (Wildman–Crippen MR) is 103 cm³/mol. The van der Waals surface area contributed by atoms with Crippen LogP contribution < -0.4 is 15.8 Å². The molecule has 0 unspecified atom stereocenters. The predicted octanol–water partition coefficient (Wildman–Crippen LogP) is 3.59. The van der Waals surface area contributed by atoms with E-state index in [-0.39, 0.29) is 18.2 Å². The molecule has 0 radical (unpaired) electrons. The zero-order valence-electron chi connectivity index (χ0n) is 14.5. The van der Waals surface area contributed by atoms with Crippen LogP contribution in [0.5, 0.6) is 11.5 Å². The summed E-state index contributed by atoms with van der Waals surface area (Å²) in [6.45, 7) is 0. The van der Waals surface area contributed by atoms with Gasteiger partial charge in [-0.05, 0) is 29.8 Å². The average Bonchev–Trinajstić information content (AvgIpc) is 2.67. The van der Waals surface area contributed by atoms with E-state index in [1.54, 1.807) is 24.3 Å². The molecule has 134 valence electrons. The highest BCUT2D eigenvalue weighted by atomic mass is 16.5. The highest BCUT2D eigenvalue weighted by Gasteiger charge is 2.32. The van der Waals surface area contributed by atoms with Gasteiger partial charge in [0.2, 0.25) is 11.8 Å². The molecular weight excluding hydrogens is 340 g/mol. The molecule has 0 saturated heterocycles. The number of amides is 2. The van der Waals surface area contributed by atoms with Gasteiger partial charge in [0, 0.05) is 16.8 Å². The largest absolute Gasteiger partial charge is 0.457 e. The van der Waals surface area contributed by atoms with Crippen molar-refractivity contribution >= 4 is 17.5 Å². The first-order valence-corrected chi connectivity index (χ1v) is 8.65. The molecule has 5 heteroatoms. The van der Waals surface area contributed by atoms with Crippen molar-refractivity contribution in [1.82, 2.24) is 0 Å². The number of rotatable bonds is 4. The van der Waals surface area contributed by atoms with Crippen molar-refractivity contribution in [2.75, 3.05) is 5.32 Å². The lowest BCUT2D eigenvalue weighted by atomic mass is 9.87. The number of hydrogen-bond donors (Lipinski definition) is 2. The molecule has 4 rings (SSSR count). The van der Waals surface area contributed by atoms with Crippen molar-refractivity contribution in [1.29, 1.82) is 0 Å². The second-order valence-electron chi connectivity index (χ2n) is 6.44. The van der Waals surface area contributed by atoms with E-state index >= 15 is 0 Å². The van der Waals surface area contributed by atoms with Crippen LogP contribution in [0.25, 0.3) is 0 Å². The number of benzene rings is 3. The highest BCUT2D eigenvalue weighted by Crippen LogP contribution is 2.44. The lowest BCUT2D eigenvalue weighted by Crippen LogP contribution is -2.25. The lowest BCUT2D eigenvalue weighted by molar-refractivity contribution is -0.118. The Labute approximate surface area is 156 Å². The summed E-state index contributed by atoms with van der Waals surface area (Å²) in [5, 5.41) is 2.96. The third-order valence-corrected chi connectivity index (χ3v) is 4.54. The molecule has 5 nitrogen and oxygen atoms in total. The molecule has 0 atom stereocenters. The summed E-state index contributed by atoms with van der Waals surface area (Å²) in [6, 6.07) is 22.2. The molecule has 2 amide bonds. The highest BCUT2D eigenvalue weighted by molar-refractivity contribution is 5.99. The zero-order valence-corrected chi connectivity index (χ0v) is 14.5. The molecule has 0 saturated carbocycles. The Hall–Kier alpha value is -3.60. The van der Waals surface area contributed by atoms with Crippen LogP contribution in [0.15, 0.2) is 72.8 Å².